The van der Waals surface area contributed by atoms with Crippen LogP contribution in [0.3, 0.4) is 0 Å². The quantitative estimate of drug-likeness (QED) is 0.756. The molecule has 3 N–H and O–H groups in total. The molecule has 0 aliphatic rings. The molecule has 0 saturated heterocycles. The first-order valence-electron chi connectivity index (χ1n) is 6.95. The Balaban J connectivity index is 2.20. The van der Waals surface area contributed by atoms with E-state index < -0.39 is 5.54 Å². The average molecular weight is 275 g/mol. The third kappa shape index (κ3) is 2.99. The van der Waals surface area contributed by atoms with Crippen LogP contribution >= 0.6 is 0 Å². The summed E-state index contributed by atoms with van der Waals surface area (Å²) in [4.78, 5) is 19.6. The minimum absolute atomic E-state index is 0.0693. The maximum absolute atomic E-state index is 12.4. The topological polar surface area (TPSA) is 78.0 Å². The normalized spacial score (nSPS) is 14.2. The van der Waals surface area contributed by atoms with Gasteiger partial charge in [0.15, 0.2) is 0 Å². The Morgan fingerprint density at radius 2 is 2.30 bits per heavy atom. The lowest BCUT2D eigenvalue weighted by molar-refractivity contribution is 0.0840. The highest BCUT2D eigenvalue weighted by Crippen LogP contribution is 2.18. The number of hydrogen-bond acceptors (Lipinski definition) is 3. The molecule has 0 saturated carbocycles. The number of nitrogens with zero attached hydrogens (tertiary/aromatic N) is 1. The summed E-state index contributed by atoms with van der Waals surface area (Å²) in [7, 11) is 0. The zero-order valence-corrected chi connectivity index (χ0v) is 11.9. The van der Waals surface area contributed by atoms with Crippen LogP contribution in [0.15, 0.2) is 24.5 Å². The molecule has 5 nitrogen and oxygen atoms in total. The van der Waals surface area contributed by atoms with Gasteiger partial charge in [-0.2, -0.15) is 0 Å². The third-order valence-corrected chi connectivity index (χ3v) is 3.55. The van der Waals surface area contributed by atoms with Crippen molar-refractivity contribution in [1.29, 1.82) is 0 Å². The summed E-state index contributed by atoms with van der Waals surface area (Å²) in [6.45, 7) is 3.89. The van der Waals surface area contributed by atoms with Crippen molar-refractivity contribution in [3.8, 4) is 0 Å². The van der Waals surface area contributed by atoms with Crippen LogP contribution in [0.4, 0.5) is 0 Å². The van der Waals surface area contributed by atoms with E-state index in [0.717, 1.165) is 24.6 Å². The molecule has 0 aromatic carbocycles. The monoisotopic (exact) mass is 275 g/mol. The maximum atomic E-state index is 12.4. The van der Waals surface area contributed by atoms with E-state index in [1.807, 2.05) is 13.0 Å². The van der Waals surface area contributed by atoms with Crippen molar-refractivity contribution in [3.63, 3.8) is 0 Å². The molecule has 2 aromatic heterocycles. The van der Waals surface area contributed by atoms with Gasteiger partial charge in [-0.15, -0.1) is 0 Å². The zero-order chi connectivity index (χ0) is 14.6. The number of hydrogen-bond donors (Lipinski definition) is 3. The van der Waals surface area contributed by atoms with Crippen LogP contribution in [0, 0.1) is 0 Å². The predicted octanol–water partition coefficient (Wildman–Crippen LogP) is 2.23. The van der Waals surface area contributed by atoms with Crippen molar-refractivity contribution >= 4 is 16.9 Å². The lowest BCUT2D eigenvalue weighted by Gasteiger charge is -2.28. The molecule has 1 amide bonds. The molecular formula is C15H21N3O2. The highest BCUT2D eigenvalue weighted by molar-refractivity contribution is 6.05. The van der Waals surface area contributed by atoms with Gasteiger partial charge in [-0.1, -0.05) is 19.8 Å². The second-order valence-electron chi connectivity index (χ2n) is 5.37. The average Bonchev–Trinajstić information content (AvgIpc) is 2.93. The minimum Gasteiger partial charge on any atom is -0.394 e. The van der Waals surface area contributed by atoms with Gasteiger partial charge < -0.3 is 15.4 Å². The number of nitrogens with one attached hydrogen (secondary N) is 2. The smallest absolute Gasteiger partial charge is 0.252 e. The first-order chi connectivity index (χ1) is 9.59. The molecule has 0 aliphatic carbocycles. The maximum Gasteiger partial charge on any atom is 0.252 e. The fourth-order valence-corrected chi connectivity index (χ4v) is 2.25. The Bertz CT molecular complexity index is 594. The molecule has 5 heteroatoms. The Kier molecular flexibility index (Phi) is 4.39. The van der Waals surface area contributed by atoms with Gasteiger partial charge >= 0.3 is 0 Å². The molecule has 2 rings (SSSR count). The highest BCUT2D eigenvalue weighted by atomic mass is 16.3. The number of rotatable bonds is 6. The number of unbranched alkanes of at least 4 members (excludes halogenated alkanes) is 1. The van der Waals surface area contributed by atoms with Crippen LogP contribution in [0.1, 0.15) is 43.5 Å². The number of amides is 1. The van der Waals surface area contributed by atoms with Gasteiger partial charge in [0.05, 0.1) is 17.7 Å². The Labute approximate surface area is 118 Å². The van der Waals surface area contributed by atoms with Crippen LogP contribution in [0.25, 0.3) is 11.0 Å². The molecule has 2 aromatic rings. The van der Waals surface area contributed by atoms with Crippen LogP contribution < -0.4 is 5.32 Å². The van der Waals surface area contributed by atoms with Gasteiger partial charge in [0.2, 0.25) is 0 Å². The number of aromatic amines is 1. The van der Waals surface area contributed by atoms with Crippen molar-refractivity contribution in [2.45, 2.75) is 38.6 Å². The van der Waals surface area contributed by atoms with E-state index >= 15 is 0 Å². The van der Waals surface area contributed by atoms with Gasteiger partial charge in [0, 0.05) is 17.8 Å². The fraction of sp³-hybridized carbons (Fsp3) is 0.467. The van der Waals surface area contributed by atoms with E-state index in [1.165, 1.54) is 0 Å². The van der Waals surface area contributed by atoms with Crippen molar-refractivity contribution in [2.75, 3.05) is 6.61 Å². The Morgan fingerprint density at radius 1 is 1.50 bits per heavy atom. The lowest BCUT2D eigenvalue weighted by Crippen LogP contribution is -2.48. The van der Waals surface area contributed by atoms with E-state index in [9.17, 15) is 9.90 Å². The van der Waals surface area contributed by atoms with Crippen LogP contribution in [0.5, 0.6) is 0 Å². The summed E-state index contributed by atoms with van der Waals surface area (Å²) < 4.78 is 0. The summed E-state index contributed by atoms with van der Waals surface area (Å²) >= 11 is 0. The standard InChI is InChI=1S/C15H21N3O2/c1-3-4-7-15(2,10-19)18-14(20)12-6-9-17-13-11(12)5-8-16-13/h5-6,8-9,19H,3-4,7,10H2,1-2H3,(H,16,17)(H,18,20). The number of carbonyl (C=O) groups excluding carboxylic acids is 1. The predicted molar refractivity (Wildman–Crippen MR) is 78.6 cm³/mol. The number of aliphatic hydroxyl groups is 1. The molecule has 0 fully saturated rings. The molecule has 20 heavy (non-hydrogen) atoms. The summed E-state index contributed by atoms with van der Waals surface area (Å²) in [6, 6.07) is 3.53. The second kappa shape index (κ2) is 6.05. The number of H-pyrrole nitrogens is 1. The SMILES string of the molecule is CCCCC(C)(CO)NC(=O)c1ccnc2[nH]ccc12. The number of pyridine rings is 1. The highest BCUT2D eigenvalue weighted by Gasteiger charge is 2.26. The first kappa shape index (κ1) is 14.5. The van der Waals surface area contributed by atoms with Gasteiger partial charge in [-0.3, -0.25) is 4.79 Å². The molecule has 0 bridgehead atoms. The largest absolute Gasteiger partial charge is 0.394 e. The fourth-order valence-electron chi connectivity index (χ4n) is 2.25. The molecule has 108 valence electrons. The summed E-state index contributed by atoms with van der Waals surface area (Å²) in [5.74, 6) is -0.176. The Morgan fingerprint density at radius 3 is 3.00 bits per heavy atom. The van der Waals surface area contributed by atoms with E-state index in [0.29, 0.717) is 11.2 Å². The van der Waals surface area contributed by atoms with Crippen molar-refractivity contribution in [2.24, 2.45) is 0 Å². The molecule has 0 aliphatic heterocycles. The minimum atomic E-state index is -0.584. The summed E-state index contributed by atoms with van der Waals surface area (Å²) in [5, 5.41) is 13.3. The first-order valence-corrected chi connectivity index (χ1v) is 6.95. The number of aliphatic hydroxyl groups excluding tert-OH is 1. The van der Waals surface area contributed by atoms with Gasteiger partial charge in [-0.05, 0) is 25.5 Å². The van der Waals surface area contributed by atoms with Crippen molar-refractivity contribution < 1.29 is 9.90 Å². The van der Waals surface area contributed by atoms with Crippen LogP contribution in [-0.4, -0.2) is 33.1 Å². The molecule has 1 unspecified atom stereocenters. The van der Waals surface area contributed by atoms with Gasteiger partial charge in [0.25, 0.3) is 5.91 Å². The number of aromatic nitrogens is 2. The Hall–Kier alpha value is -1.88. The molecular weight excluding hydrogens is 254 g/mol. The van der Waals surface area contributed by atoms with E-state index in [-0.39, 0.29) is 12.5 Å². The number of carbonyl (C=O) groups is 1. The van der Waals surface area contributed by atoms with Crippen molar-refractivity contribution in [3.05, 3.63) is 30.1 Å². The van der Waals surface area contributed by atoms with E-state index in [1.54, 1.807) is 18.5 Å². The van der Waals surface area contributed by atoms with Crippen LogP contribution in [-0.2, 0) is 0 Å². The summed E-state index contributed by atoms with van der Waals surface area (Å²) in [5.41, 5.74) is 0.684. The molecule has 0 spiro atoms. The third-order valence-electron chi connectivity index (χ3n) is 3.55. The van der Waals surface area contributed by atoms with Crippen molar-refractivity contribution in [1.82, 2.24) is 15.3 Å². The molecule has 1 atom stereocenters. The van der Waals surface area contributed by atoms with E-state index in [2.05, 4.69) is 22.2 Å². The molecule has 2 heterocycles. The molecule has 0 radical (unpaired) electrons. The van der Waals surface area contributed by atoms with Gasteiger partial charge in [0.1, 0.15) is 5.65 Å². The van der Waals surface area contributed by atoms with E-state index in [4.69, 9.17) is 0 Å². The van der Waals surface area contributed by atoms with Crippen LogP contribution in [0.2, 0.25) is 0 Å². The zero-order valence-electron chi connectivity index (χ0n) is 11.9. The number of fused-ring (bicyclic) bond motifs is 1. The second-order valence-corrected chi connectivity index (χ2v) is 5.37. The van der Waals surface area contributed by atoms with Gasteiger partial charge in [-0.25, -0.2) is 4.98 Å². The summed E-state index contributed by atoms with van der Waals surface area (Å²) in [6.07, 6.45) is 6.12. The lowest BCUT2D eigenvalue weighted by atomic mass is 9.95.